The molecule has 0 bridgehead atoms. The lowest BCUT2D eigenvalue weighted by molar-refractivity contribution is -0.387. The van der Waals surface area contributed by atoms with Crippen LogP contribution < -0.4 is 5.32 Å². The van der Waals surface area contributed by atoms with Crippen molar-refractivity contribution < 1.29 is 31.4 Å². The van der Waals surface area contributed by atoms with Crippen LogP contribution in [-0.2, 0) is 14.8 Å². The average Bonchev–Trinajstić information content (AvgIpc) is 3.25. The van der Waals surface area contributed by atoms with Crippen molar-refractivity contribution in [2.75, 3.05) is 18.4 Å². The van der Waals surface area contributed by atoms with Gasteiger partial charge in [0.1, 0.15) is 11.5 Å². The molecule has 4 rings (SSSR count). The third kappa shape index (κ3) is 5.57. The van der Waals surface area contributed by atoms with Gasteiger partial charge in [-0.2, -0.15) is 8.70 Å². The minimum absolute atomic E-state index is 0.0328. The summed E-state index contributed by atoms with van der Waals surface area (Å²) in [6.07, 6.45) is 3.12. The molecule has 1 aliphatic heterocycles. The Bertz CT molecular complexity index is 1480. The number of benzene rings is 2. The van der Waals surface area contributed by atoms with Crippen molar-refractivity contribution in [1.29, 1.82) is 0 Å². The summed E-state index contributed by atoms with van der Waals surface area (Å²) in [5, 5.41) is 17.2. The van der Waals surface area contributed by atoms with E-state index in [0.717, 1.165) is 12.1 Å². The predicted molar refractivity (Wildman–Crippen MR) is 130 cm³/mol. The molecule has 1 N–H and O–H groups in total. The van der Waals surface area contributed by atoms with Crippen LogP contribution in [0, 0.1) is 34.6 Å². The molecule has 0 aliphatic carbocycles. The van der Waals surface area contributed by atoms with Crippen molar-refractivity contribution in [1.82, 2.24) is 9.46 Å². The van der Waals surface area contributed by atoms with Crippen LogP contribution in [0.1, 0.15) is 29.9 Å². The lowest BCUT2D eigenvalue weighted by Gasteiger charge is -2.30. The number of halogens is 2. The van der Waals surface area contributed by atoms with Gasteiger partial charge in [-0.05, 0) is 50.1 Å². The quantitative estimate of drug-likeness (QED) is 0.352. The van der Waals surface area contributed by atoms with Crippen LogP contribution in [0.15, 0.2) is 51.9 Å². The van der Waals surface area contributed by atoms with Crippen LogP contribution in [-0.4, -0.2) is 41.8 Å². The number of nitro groups is 1. The molecule has 10 nitrogen and oxygen atoms in total. The van der Waals surface area contributed by atoms with Gasteiger partial charge in [-0.1, -0.05) is 23.4 Å². The minimum atomic E-state index is -4.04. The summed E-state index contributed by atoms with van der Waals surface area (Å²) in [6.45, 7) is 1.55. The van der Waals surface area contributed by atoms with E-state index in [9.17, 15) is 32.1 Å². The highest BCUT2D eigenvalue weighted by molar-refractivity contribution is 7.89. The second kappa shape index (κ2) is 10.6. The predicted octanol–water partition coefficient (Wildman–Crippen LogP) is 4.38. The van der Waals surface area contributed by atoms with E-state index in [1.165, 1.54) is 47.6 Å². The highest BCUT2D eigenvalue weighted by Crippen LogP contribution is 2.30. The third-order valence-corrected chi connectivity index (χ3v) is 8.04. The molecule has 3 aromatic rings. The number of piperidine rings is 1. The fourth-order valence-corrected chi connectivity index (χ4v) is 5.76. The first-order chi connectivity index (χ1) is 17.6. The Morgan fingerprint density at radius 2 is 1.86 bits per heavy atom. The standard InChI is InChI=1S/C24H22F2N4O6S/c1-15-23(22(36-28-15)9-6-16-4-2-3-5-19(16)25)37(34,35)29-12-10-17(11-13-29)24(31)27-18-7-8-20(26)21(14-18)30(32)33/h2-9,14,17H,10-13H2,1H3,(H,27,31). The van der Waals surface area contributed by atoms with Crippen LogP contribution in [0.2, 0.25) is 0 Å². The molecule has 1 aliphatic rings. The van der Waals surface area contributed by atoms with Gasteiger partial charge in [0.25, 0.3) is 0 Å². The summed E-state index contributed by atoms with van der Waals surface area (Å²) in [5.41, 5.74) is -0.300. The Balaban J connectivity index is 1.45. The first kappa shape index (κ1) is 26.1. The largest absolute Gasteiger partial charge is 0.355 e. The normalized spacial score (nSPS) is 15.2. The number of anilines is 1. The van der Waals surface area contributed by atoms with Crippen LogP contribution in [0.5, 0.6) is 0 Å². The fourth-order valence-electron chi connectivity index (χ4n) is 4.04. The molecular formula is C24H22F2N4O6S. The molecule has 1 aromatic heterocycles. The maximum atomic E-state index is 13.9. The molecule has 194 valence electrons. The maximum absolute atomic E-state index is 13.9. The summed E-state index contributed by atoms with van der Waals surface area (Å²) in [4.78, 5) is 22.6. The topological polar surface area (TPSA) is 136 Å². The fraction of sp³-hybridized carbons (Fsp3) is 0.250. The van der Waals surface area contributed by atoms with Crippen molar-refractivity contribution >= 4 is 39.5 Å². The molecule has 13 heteroatoms. The van der Waals surface area contributed by atoms with Gasteiger partial charge in [-0.3, -0.25) is 14.9 Å². The lowest BCUT2D eigenvalue weighted by atomic mass is 9.97. The molecule has 1 amide bonds. The Morgan fingerprint density at radius 3 is 2.54 bits per heavy atom. The van der Waals surface area contributed by atoms with E-state index in [1.807, 2.05) is 0 Å². The highest BCUT2D eigenvalue weighted by Gasteiger charge is 2.36. The molecule has 1 saturated heterocycles. The second-order valence-electron chi connectivity index (χ2n) is 8.41. The maximum Gasteiger partial charge on any atom is 0.306 e. The first-order valence-corrected chi connectivity index (χ1v) is 12.7. The molecule has 0 radical (unpaired) electrons. The number of hydrogen-bond acceptors (Lipinski definition) is 7. The van der Waals surface area contributed by atoms with Crippen molar-refractivity contribution in [2.24, 2.45) is 5.92 Å². The van der Waals surface area contributed by atoms with E-state index in [-0.39, 0.29) is 53.5 Å². The van der Waals surface area contributed by atoms with Gasteiger partial charge in [0.05, 0.1) is 4.92 Å². The van der Waals surface area contributed by atoms with Crippen molar-refractivity contribution in [3.05, 3.63) is 81.2 Å². The minimum Gasteiger partial charge on any atom is -0.355 e. The zero-order valence-electron chi connectivity index (χ0n) is 19.6. The number of nitro benzene ring substituents is 1. The molecule has 1 fully saturated rings. The van der Waals surface area contributed by atoms with Gasteiger partial charge in [0.2, 0.25) is 21.7 Å². The summed E-state index contributed by atoms with van der Waals surface area (Å²) < 4.78 is 60.7. The first-order valence-electron chi connectivity index (χ1n) is 11.2. The Labute approximate surface area is 210 Å². The number of nitrogens with zero attached hydrogens (tertiary/aromatic N) is 3. The van der Waals surface area contributed by atoms with Crippen LogP contribution in [0.4, 0.5) is 20.2 Å². The van der Waals surface area contributed by atoms with Gasteiger partial charge in [0, 0.05) is 36.3 Å². The van der Waals surface area contributed by atoms with E-state index in [0.29, 0.717) is 0 Å². The van der Waals surface area contributed by atoms with Gasteiger partial charge >= 0.3 is 5.69 Å². The van der Waals surface area contributed by atoms with E-state index < -0.39 is 44.1 Å². The number of nitrogens with one attached hydrogen (secondary N) is 1. The SMILES string of the molecule is Cc1noc(C=Cc2ccccc2F)c1S(=O)(=O)N1CCC(C(=O)Nc2ccc(F)c([N+](=O)[O-])c2)CC1. The summed E-state index contributed by atoms with van der Waals surface area (Å²) in [6, 6.07) is 9.02. The zero-order chi connectivity index (χ0) is 26.7. The van der Waals surface area contributed by atoms with E-state index in [2.05, 4.69) is 10.5 Å². The number of rotatable bonds is 7. The smallest absolute Gasteiger partial charge is 0.306 e. The van der Waals surface area contributed by atoms with Crippen molar-refractivity contribution in [2.45, 2.75) is 24.7 Å². The number of amides is 1. The number of sulfonamides is 1. The molecule has 0 unspecified atom stereocenters. The second-order valence-corrected chi connectivity index (χ2v) is 10.3. The molecule has 37 heavy (non-hydrogen) atoms. The van der Waals surface area contributed by atoms with Gasteiger partial charge in [-0.25, -0.2) is 12.8 Å². The number of hydrogen-bond donors (Lipinski definition) is 1. The average molecular weight is 533 g/mol. The zero-order valence-corrected chi connectivity index (χ0v) is 20.4. The van der Waals surface area contributed by atoms with Crippen LogP contribution >= 0.6 is 0 Å². The molecule has 0 spiro atoms. The third-order valence-electron chi connectivity index (χ3n) is 5.99. The van der Waals surface area contributed by atoms with Gasteiger partial charge in [0.15, 0.2) is 10.7 Å². The Hall–Kier alpha value is -3.97. The number of aryl methyl sites for hydroxylation is 1. The van der Waals surface area contributed by atoms with Gasteiger partial charge in [-0.15, -0.1) is 0 Å². The Kier molecular flexibility index (Phi) is 7.45. The summed E-state index contributed by atoms with van der Waals surface area (Å²) in [5.74, 6) is -2.55. The number of aromatic nitrogens is 1. The van der Waals surface area contributed by atoms with Crippen molar-refractivity contribution in [3.63, 3.8) is 0 Å². The summed E-state index contributed by atoms with van der Waals surface area (Å²) in [7, 11) is -4.04. The molecule has 2 aromatic carbocycles. The molecule has 0 atom stereocenters. The van der Waals surface area contributed by atoms with Gasteiger partial charge < -0.3 is 9.84 Å². The molecular weight excluding hydrogens is 510 g/mol. The van der Waals surface area contributed by atoms with E-state index in [4.69, 9.17) is 4.52 Å². The number of carbonyl (C=O) groups excluding carboxylic acids is 1. The van der Waals surface area contributed by atoms with Crippen LogP contribution in [0.25, 0.3) is 12.2 Å². The van der Waals surface area contributed by atoms with E-state index in [1.54, 1.807) is 6.07 Å². The number of carbonyl (C=O) groups is 1. The van der Waals surface area contributed by atoms with E-state index >= 15 is 0 Å². The van der Waals surface area contributed by atoms with Crippen LogP contribution in [0.3, 0.4) is 0 Å². The lowest BCUT2D eigenvalue weighted by Crippen LogP contribution is -2.41. The molecule has 2 heterocycles. The highest BCUT2D eigenvalue weighted by atomic mass is 32.2. The van der Waals surface area contributed by atoms with Crippen molar-refractivity contribution in [3.8, 4) is 0 Å². The monoisotopic (exact) mass is 532 g/mol. The molecule has 0 saturated carbocycles. The summed E-state index contributed by atoms with van der Waals surface area (Å²) >= 11 is 0. The Morgan fingerprint density at radius 1 is 1.16 bits per heavy atom.